The van der Waals surface area contributed by atoms with Gasteiger partial charge < -0.3 is 11.1 Å². The molecule has 3 N–H and O–H groups in total. The summed E-state index contributed by atoms with van der Waals surface area (Å²) in [6.45, 7) is 1.54. The Hall–Kier alpha value is -2.49. The zero-order chi connectivity index (χ0) is 15.3. The maximum absolute atomic E-state index is 13.4. The summed E-state index contributed by atoms with van der Waals surface area (Å²) in [6, 6.07) is 3.84. The number of hydrogen-bond acceptors (Lipinski definition) is 3. The fourth-order valence-electron chi connectivity index (χ4n) is 1.65. The van der Waals surface area contributed by atoms with Crippen molar-refractivity contribution in [3.63, 3.8) is 0 Å². The Morgan fingerprint density at radius 3 is 2.65 bits per heavy atom. The SMILES string of the molecule is C[C@H](CC#N)[C@@H](NC(=O)c1cccc(F)c1F)C(N)=O. The molecule has 20 heavy (non-hydrogen) atoms. The molecule has 0 saturated heterocycles. The number of rotatable bonds is 5. The summed E-state index contributed by atoms with van der Waals surface area (Å²) in [5.74, 6) is -4.83. The number of amides is 2. The molecule has 0 spiro atoms. The van der Waals surface area contributed by atoms with Gasteiger partial charge in [-0.3, -0.25) is 9.59 Å². The number of primary amides is 1. The van der Waals surface area contributed by atoms with Gasteiger partial charge in [0.2, 0.25) is 5.91 Å². The number of carbonyl (C=O) groups excluding carboxylic acids is 2. The summed E-state index contributed by atoms with van der Waals surface area (Å²) in [5, 5.41) is 10.8. The zero-order valence-electron chi connectivity index (χ0n) is 10.7. The van der Waals surface area contributed by atoms with Crippen LogP contribution in [0.15, 0.2) is 18.2 Å². The van der Waals surface area contributed by atoms with Gasteiger partial charge in [-0.1, -0.05) is 13.0 Å². The van der Waals surface area contributed by atoms with Gasteiger partial charge in [0.15, 0.2) is 11.6 Å². The van der Waals surface area contributed by atoms with Gasteiger partial charge in [0, 0.05) is 6.42 Å². The highest BCUT2D eigenvalue weighted by molar-refractivity contribution is 5.97. The van der Waals surface area contributed by atoms with Crippen LogP contribution in [-0.4, -0.2) is 17.9 Å². The topological polar surface area (TPSA) is 96.0 Å². The number of nitrogens with two attached hydrogens (primary N) is 1. The van der Waals surface area contributed by atoms with Gasteiger partial charge in [-0.25, -0.2) is 8.78 Å². The van der Waals surface area contributed by atoms with Crippen molar-refractivity contribution >= 4 is 11.8 Å². The molecule has 0 heterocycles. The van der Waals surface area contributed by atoms with E-state index in [-0.39, 0.29) is 6.42 Å². The van der Waals surface area contributed by atoms with Crippen molar-refractivity contribution in [2.45, 2.75) is 19.4 Å². The third-order valence-corrected chi connectivity index (χ3v) is 2.77. The first-order valence-electron chi connectivity index (χ1n) is 5.79. The van der Waals surface area contributed by atoms with E-state index in [0.29, 0.717) is 0 Å². The van der Waals surface area contributed by atoms with Crippen molar-refractivity contribution in [1.29, 1.82) is 5.26 Å². The molecule has 2 amide bonds. The van der Waals surface area contributed by atoms with E-state index in [1.807, 2.05) is 6.07 Å². The molecule has 0 aliphatic heterocycles. The quantitative estimate of drug-likeness (QED) is 0.845. The van der Waals surface area contributed by atoms with Gasteiger partial charge in [0.05, 0.1) is 11.6 Å². The lowest BCUT2D eigenvalue weighted by molar-refractivity contribution is -0.120. The highest BCUT2D eigenvalue weighted by Gasteiger charge is 2.26. The van der Waals surface area contributed by atoms with E-state index in [9.17, 15) is 18.4 Å². The molecular formula is C13H13F2N3O2. The van der Waals surface area contributed by atoms with Crippen LogP contribution in [0.2, 0.25) is 0 Å². The van der Waals surface area contributed by atoms with Gasteiger partial charge in [0.25, 0.3) is 5.91 Å². The molecule has 1 aromatic rings. The molecule has 0 aromatic heterocycles. The van der Waals surface area contributed by atoms with E-state index >= 15 is 0 Å². The van der Waals surface area contributed by atoms with Crippen molar-refractivity contribution in [2.75, 3.05) is 0 Å². The maximum atomic E-state index is 13.4. The standard InChI is InChI=1S/C13H13F2N3O2/c1-7(5-6-16)11(12(17)19)18-13(20)8-3-2-4-9(14)10(8)15/h2-4,7,11H,5H2,1H3,(H2,17,19)(H,18,20)/t7-,11-/m1/s1. The third kappa shape index (κ3) is 3.51. The fourth-order valence-corrected chi connectivity index (χ4v) is 1.65. The molecule has 2 atom stereocenters. The first kappa shape index (κ1) is 15.6. The Kier molecular flexibility index (Phi) is 5.15. The zero-order valence-corrected chi connectivity index (χ0v) is 10.7. The van der Waals surface area contributed by atoms with E-state index in [1.165, 1.54) is 6.07 Å². The number of nitriles is 1. The van der Waals surface area contributed by atoms with Gasteiger partial charge >= 0.3 is 0 Å². The molecule has 7 heteroatoms. The first-order valence-corrected chi connectivity index (χ1v) is 5.79. The minimum atomic E-state index is -1.30. The van der Waals surface area contributed by atoms with Crippen molar-refractivity contribution in [3.8, 4) is 6.07 Å². The molecule has 1 aromatic carbocycles. The second kappa shape index (κ2) is 6.61. The molecule has 5 nitrogen and oxygen atoms in total. The molecule has 1 rings (SSSR count). The smallest absolute Gasteiger partial charge is 0.255 e. The lowest BCUT2D eigenvalue weighted by atomic mass is 9.98. The summed E-state index contributed by atoms with van der Waals surface area (Å²) < 4.78 is 26.5. The predicted molar refractivity (Wildman–Crippen MR) is 66.2 cm³/mol. The van der Waals surface area contributed by atoms with Gasteiger partial charge in [-0.15, -0.1) is 0 Å². The van der Waals surface area contributed by atoms with E-state index in [2.05, 4.69) is 5.32 Å². The Labute approximate surface area is 114 Å². The van der Waals surface area contributed by atoms with E-state index in [4.69, 9.17) is 11.0 Å². The maximum Gasteiger partial charge on any atom is 0.255 e. The summed E-state index contributed by atoms with van der Waals surface area (Å²) in [6.07, 6.45) is -0.0144. The number of halogens is 2. The average molecular weight is 281 g/mol. The number of nitrogens with one attached hydrogen (secondary N) is 1. The Morgan fingerprint density at radius 1 is 1.45 bits per heavy atom. The average Bonchev–Trinajstić information content (AvgIpc) is 2.38. The predicted octanol–water partition coefficient (Wildman–Crippen LogP) is 1.10. The van der Waals surface area contributed by atoms with E-state index in [0.717, 1.165) is 12.1 Å². The van der Waals surface area contributed by atoms with Crippen molar-refractivity contribution in [2.24, 2.45) is 11.7 Å². The monoisotopic (exact) mass is 281 g/mol. The van der Waals surface area contributed by atoms with E-state index in [1.54, 1.807) is 6.92 Å². The highest BCUT2D eigenvalue weighted by Crippen LogP contribution is 2.13. The van der Waals surface area contributed by atoms with Crippen LogP contribution in [0.5, 0.6) is 0 Å². The third-order valence-electron chi connectivity index (χ3n) is 2.77. The Morgan fingerprint density at radius 2 is 2.10 bits per heavy atom. The fraction of sp³-hybridized carbons (Fsp3) is 0.308. The second-order valence-electron chi connectivity index (χ2n) is 4.29. The minimum Gasteiger partial charge on any atom is -0.368 e. The summed E-state index contributed by atoms with van der Waals surface area (Å²) >= 11 is 0. The summed E-state index contributed by atoms with van der Waals surface area (Å²) in [4.78, 5) is 23.1. The normalized spacial score (nSPS) is 13.1. The highest BCUT2D eigenvalue weighted by atomic mass is 19.2. The number of hydrogen-bond donors (Lipinski definition) is 2. The van der Waals surface area contributed by atoms with Gasteiger partial charge in [-0.05, 0) is 18.1 Å². The van der Waals surface area contributed by atoms with Crippen LogP contribution in [0.3, 0.4) is 0 Å². The lowest BCUT2D eigenvalue weighted by Crippen LogP contribution is -2.48. The van der Waals surface area contributed by atoms with Crippen LogP contribution < -0.4 is 11.1 Å². The van der Waals surface area contributed by atoms with Crippen LogP contribution in [0, 0.1) is 28.9 Å². The largest absolute Gasteiger partial charge is 0.368 e. The number of nitrogens with zero attached hydrogens (tertiary/aromatic N) is 1. The van der Waals surface area contributed by atoms with Crippen LogP contribution in [0.4, 0.5) is 8.78 Å². The molecule has 106 valence electrons. The van der Waals surface area contributed by atoms with Crippen LogP contribution in [-0.2, 0) is 4.79 Å². The van der Waals surface area contributed by atoms with Gasteiger partial charge in [-0.2, -0.15) is 5.26 Å². The number of benzene rings is 1. The minimum absolute atomic E-state index is 0.0144. The van der Waals surface area contributed by atoms with Crippen LogP contribution >= 0.6 is 0 Å². The Bertz CT molecular complexity index is 569. The first-order chi connectivity index (χ1) is 9.38. The van der Waals surface area contributed by atoms with Crippen molar-refractivity contribution < 1.29 is 18.4 Å². The van der Waals surface area contributed by atoms with Crippen molar-refractivity contribution in [1.82, 2.24) is 5.32 Å². The molecular weight excluding hydrogens is 268 g/mol. The molecule has 0 bridgehead atoms. The molecule has 0 aliphatic carbocycles. The summed E-state index contributed by atoms with van der Waals surface area (Å²) in [7, 11) is 0. The van der Waals surface area contributed by atoms with E-state index < -0.39 is 41.0 Å². The molecule has 0 saturated carbocycles. The lowest BCUT2D eigenvalue weighted by Gasteiger charge is -2.20. The molecule has 0 radical (unpaired) electrons. The van der Waals surface area contributed by atoms with Crippen LogP contribution in [0.25, 0.3) is 0 Å². The second-order valence-corrected chi connectivity index (χ2v) is 4.29. The van der Waals surface area contributed by atoms with Crippen LogP contribution in [0.1, 0.15) is 23.7 Å². The van der Waals surface area contributed by atoms with Gasteiger partial charge in [0.1, 0.15) is 6.04 Å². The Balaban J connectivity index is 2.95. The number of carbonyl (C=O) groups is 2. The molecule has 0 fully saturated rings. The van der Waals surface area contributed by atoms with Crippen molar-refractivity contribution in [3.05, 3.63) is 35.4 Å². The molecule has 0 unspecified atom stereocenters. The summed E-state index contributed by atoms with van der Waals surface area (Å²) in [5.41, 5.74) is 4.60. The molecule has 0 aliphatic rings.